The molecule has 0 atom stereocenters. The molecule has 3 aromatic rings. The second kappa shape index (κ2) is 7.67. The predicted molar refractivity (Wildman–Crippen MR) is 98.7 cm³/mol. The molecule has 144 valence electrons. The van der Waals surface area contributed by atoms with E-state index >= 15 is 0 Å². The van der Waals surface area contributed by atoms with Gasteiger partial charge in [-0.1, -0.05) is 36.4 Å². The van der Waals surface area contributed by atoms with E-state index in [9.17, 15) is 22.8 Å². The molecule has 5 nitrogen and oxygen atoms in total. The Kier molecular flexibility index (Phi) is 5.30. The zero-order chi connectivity index (χ0) is 20.3. The van der Waals surface area contributed by atoms with Gasteiger partial charge in [0.15, 0.2) is 0 Å². The minimum absolute atomic E-state index is 0.000563. The van der Waals surface area contributed by atoms with Gasteiger partial charge in [-0.25, -0.2) is 4.98 Å². The molecule has 2 aromatic carbocycles. The van der Waals surface area contributed by atoms with Crippen molar-refractivity contribution in [3.8, 4) is 11.3 Å². The van der Waals surface area contributed by atoms with Crippen LogP contribution in [0, 0.1) is 6.92 Å². The molecular formula is C20H16F3N3O2. The fourth-order valence-corrected chi connectivity index (χ4v) is 2.69. The van der Waals surface area contributed by atoms with E-state index in [1.54, 1.807) is 6.92 Å². The molecule has 0 aliphatic heterocycles. The molecule has 0 aliphatic carbocycles. The molecule has 0 unspecified atom stereocenters. The second-order valence-electron chi connectivity index (χ2n) is 6.11. The van der Waals surface area contributed by atoms with Gasteiger partial charge in [0, 0.05) is 17.3 Å². The maximum absolute atomic E-state index is 12.8. The van der Waals surface area contributed by atoms with Crippen LogP contribution in [-0.2, 0) is 17.5 Å². The maximum atomic E-state index is 12.8. The molecule has 3 rings (SSSR count). The molecule has 1 amide bonds. The molecule has 0 fully saturated rings. The van der Waals surface area contributed by atoms with Crippen molar-refractivity contribution in [1.29, 1.82) is 0 Å². The molecule has 0 bridgehead atoms. The van der Waals surface area contributed by atoms with Crippen molar-refractivity contribution in [2.45, 2.75) is 19.6 Å². The quantitative estimate of drug-likeness (QED) is 0.739. The van der Waals surface area contributed by atoms with Gasteiger partial charge in [0.2, 0.25) is 5.91 Å². The third-order valence-corrected chi connectivity index (χ3v) is 4.04. The fourth-order valence-electron chi connectivity index (χ4n) is 2.69. The lowest BCUT2D eigenvalue weighted by atomic mass is 10.1. The van der Waals surface area contributed by atoms with Crippen LogP contribution in [0.4, 0.5) is 18.9 Å². The van der Waals surface area contributed by atoms with Crippen molar-refractivity contribution >= 4 is 11.6 Å². The minimum Gasteiger partial charge on any atom is -0.325 e. The molecule has 0 saturated carbocycles. The first-order valence-electron chi connectivity index (χ1n) is 8.35. The number of nitrogens with zero attached hydrogens (tertiary/aromatic N) is 2. The summed E-state index contributed by atoms with van der Waals surface area (Å²) in [4.78, 5) is 29.0. The molecule has 28 heavy (non-hydrogen) atoms. The summed E-state index contributed by atoms with van der Waals surface area (Å²) >= 11 is 0. The largest absolute Gasteiger partial charge is 0.416 e. The molecule has 8 heteroatoms. The number of carbonyl (C=O) groups is 1. The van der Waals surface area contributed by atoms with Gasteiger partial charge in [0.05, 0.1) is 11.3 Å². The summed E-state index contributed by atoms with van der Waals surface area (Å²) in [5.74, 6) is -0.302. The zero-order valence-electron chi connectivity index (χ0n) is 14.8. The molecular weight excluding hydrogens is 371 g/mol. The normalized spacial score (nSPS) is 11.3. The van der Waals surface area contributed by atoms with Crippen LogP contribution in [-0.4, -0.2) is 15.5 Å². The van der Waals surface area contributed by atoms with Crippen molar-refractivity contribution in [2.75, 3.05) is 5.32 Å². The van der Waals surface area contributed by atoms with E-state index in [1.807, 2.05) is 30.3 Å². The summed E-state index contributed by atoms with van der Waals surface area (Å²) in [5, 5.41) is 2.38. The van der Waals surface area contributed by atoms with Gasteiger partial charge in [0.1, 0.15) is 12.4 Å². The number of carbonyl (C=O) groups excluding carboxylic acids is 1. The summed E-state index contributed by atoms with van der Waals surface area (Å²) in [5.41, 5.74) is -0.0432. The molecule has 1 heterocycles. The number of halogens is 3. The van der Waals surface area contributed by atoms with E-state index < -0.39 is 23.2 Å². The molecule has 1 N–H and O–H groups in total. The Morgan fingerprint density at radius 1 is 1.07 bits per heavy atom. The van der Waals surface area contributed by atoms with Crippen molar-refractivity contribution in [1.82, 2.24) is 9.55 Å². The van der Waals surface area contributed by atoms with Crippen LogP contribution in [0.1, 0.15) is 11.4 Å². The standard InChI is InChI=1S/C20H16F3N3O2/c1-13-24-17(14-6-3-2-4-7-14)11-19(28)26(13)12-18(27)25-16-9-5-8-15(10-16)20(21,22)23/h2-11H,12H2,1H3,(H,25,27). The number of alkyl halides is 3. The van der Waals surface area contributed by atoms with Gasteiger partial charge in [-0.3, -0.25) is 14.2 Å². The number of benzene rings is 2. The van der Waals surface area contributed by atoms with Crippen LogP contribution in [0.5, 0.6) is 0 Å². The van der Waals surface area contributed by atoms with Gasteiger partial charge in [-0.2, -0.15) is 13.2 Å². The average Bonchev–Trinajstić information content (AvgIpc) is 2.65. The lowest BCUT2D eigenvalue weighted by Crippen LogP contribution is -2.29. The summed E-state index contributed by atoms with van der Waals surface area (Å²) in [7, 11) is 0. The highest BCUT2D eigenvalue weighted by Gasteiger charge is 2.30. The summed E-state index contributed by atoms with van der Waals surface area (Å²) in [6.45, 7) is 1.23. The lowest BCUT2D eigenvalue weighted by molar-refractivity contribution is -0.137. The van der Waals surface area contributed by atoms with Gasteiger partial charge in [0.25, 0.3) is 5.56 Å². The first-order chi connectivity index (χ1) is 13.2. The zero-order valence-corrected chi connectivity index (χ0v) is 14.8. The summed E-state index contributed by atoms with van der Waals surface area (Å²) in [6.07, 6.45) is -4.51. The van der Waals surface area contributed by atoms with Crippen molar-refractivity contribution in [2.24, 2.45) is 0 Å². The monoisotopic (exact) mass is 387 g/mol. The smallest absolute Gasteiger partial charge is 0.325 e. The number of amides is 1. The number of rotatable bonds is 4. The van der Waals surface area contributed by atoms with Gasteiger partial charge in [-0.05, 0) is 25.1 Å². The van der Waals surface area contributed by atoms with E-state index in [2.05, 4.69) is 10.3 Å². The molecule has 0 aliphatic rings. The number of nitrogens with one attached hydrogen (secondary N) is 1. The van der Waals surface area contributed by atoms with Crippen LogP contribution in [0.3, 0.4) is 0 Å². The van der Waals surface area contributed by atoms with E-state index in [4.69, 9.17) is 0 Å². The van der Waals surface area contributed by atoms with Crippen molar-refractivity contribution in [3.63, 3.8) is 0 Å². The molecule has 0 saturated heterocycles. The number of aromatic nitrogens is 2. The minimum atomic E-state index is -4.51. The van der Waals surface area contributed by atoms with Crippen LogP contribution in [0.15, 0.2) is 65.5 Å². The Balaban J connectivity index is 1.79. The maximum Gasteiger partial charge on any atom is 0.416 e. The Bertz CT molecular complexity index is 1060. The van der Waals surface area contributed by atoms with Gasteiger partial charge < -0.3 is 5.32 Å². The van der Waals surface area contributed by atoms with Gasteiger partial charge >= 0.3 is 6.18 Å². The van der Waals surface area contributed by atoms with Crippen molar-refractivity contribution < 1.29 is 18.0 Å². The molecule has 1 aromatic heterocycles. The SMILES string of the molecule is Cc1nc(-c2ccccc2)cc(=O)n1CC(=O)Nc1cccc(C(F)(F)F)c1. The number of aryl methyl sites for hydroxylation is 1. The van der Waals surface area contributed by atoms with Crippen LogP contribution in [0.25, 0.3) is 11.3 Å². The first-order valence-corrected chi connectivity index (χ1v) is 8.35. The predicted octanol–water partition coefficient (Wildman–Crippen LogP) is 3.88. The highest BCUT2D eigenvalue weighted by molar-refractivity contribution is 5.90. The van der Waals surface area contributed by atoms with E-state index in [-0.39, 0.29) is 12.2 Å². The third kappa shape index (κ3) is 4.46. The van der Waals surface area contributed by atoms with Crippen LogP contribution in [0.2, 0.25) is 0 Å². The molecule has 0 spiro atoms. The Morgan fingerprint density at radius 2 is 1.79 bits per heavy atom. The van der Waals surface area contributed by atoms with Crippen LogP contribution >= 0.6 is 0 Å². The van der Waals surface area contributed by atoms with E-state index in [0.717, 1.165) is 22.3 Å². The third-order valence-electron chi connectivity index (χ3n) is 4.04. The Hall–Kier alpha value is -3.42. The Labute approximate surface area is 158 Å². The molecule has 0 radical (unpaired) electrons. The summed E-state index contributed by atoms with van der Waals surface area (Å²) in [6, 6.07) is 14.7. The highest BCUT2D eigenvalue weighted by Crippen LogP contribution is 2.30. The highest BCUT2D eigenvalue weighted by atomic mass is 19.4. The Morgan fingerprint density at radius 3 is 2.43 bits per heavy atom. The van der Waals surface area contributed by atoms with E-state index in [0.29, 0.717) is 11.5 Å². The number of hydrogen-bond acceptors (Lipinski definition) is 3. The fraction of sp³-hybridized carbons (Fsp3) is 0.150. The topological polar surface area (TPSA) is 64.0 Å². The van der Waals surface area contributed by atoms with Crippen molar-refractivity contribution in [3.05, 3.63) is 82.4 Å². The second-order valence-corrected chi connectivity index (χ2v) is 6.11. The first kappa shape index (κ1) is 19.3. The van der Waals surface area contributed by atoms with Gasteiger partial charge in [-0.15, -0.1) is 0 Å². The lowest BCUT2D eigenvalue weighted by Gasteiger charge is -2.12. The van der Waals surface area contributed by atoms with Crippen LogP contribution < -0.4 is 10.9 Å². The average molecular weight is 387 g/mol. The number of anilines is 1. The summed E-state index contributed by atoms with van der Waals surface area (Å²) < 4.78 is 39.5. The van der Waals surface area contributed by atoms with E-state index in [1.165, 1.54) is 18.2 Å². The number of hydrogen-bond donors (Lipinski definition) is 1.